The number of nitrogens with zero attached hydrogens (tertiary/aromatic N) is 1. The summed E-state index contributed by atoms with van der Waals surface area (Å²) in [6, 6.07) is 7.87. The summed E-state index contributed by atoms with van der Waals surface area (Å²) in [7, 11) is 1.87. The molecular formula is C16H22N4O2S. The summed E-state index contributed by atoms with van der Waals surface area (Å²) in [5.41, 5.74) is 7.63. The van der Waals surface area contributed by atoms with E-state index in [-0.39, 0.29) is 5.97 Å². The van der Waals surface area contributed by atoms with E-state index < -0.39 is 0 Å². The molecular weight excluding hydrogens is 312 g/mol. The quantitative estimate of drug-likeness (QED) is 0.506. The Bertz CT molecular complexity index is 640. The first kappa shape index (κ1) is 17.4. The van der Waals surface area contributed by atoms with Crippen molar-refractivity contribution in [1.82, 2.24) is 10.3 Å². The number of thiazole rings is 1. The van der Waals surface area contributed by atoms with Crippen molar-refractivity contribution in [2.75, 3.05) is 32.1 Å². The largest absolute Gasteiger partial charge is 0.462 e. The number of nitrogens with one attached hydrogen (secondary N) is 2. The number of carbonyl (C=O) groups excluding carboxylic acids is 1. The van der Waals surface area contributed by atoms with Crippen LogP contribution in [-0.4, -0.2) is 37.7 Å². The van der Waals surface area contributed by atoms with Gasteiger partial charge in [0.2, 0.25) is 0 Å². The number of anilines is 1. The maximum absolute atomic E-state index is 12.1. The molecule has 6 nitrogen and oxygen atoms in total. The molecule has 0 fully saturated rings. The van der Waals surface area contributed by atoms with Gasteiger partial charge in [0.05, 0.1) is 6.61 Å². The van der Waals surface area contributed by atoms with Crippen molar-refractivity contribution in [3.8, 4) is 10.6 Å². The van der Waals surface area contributed by atoms with Crippen LogP contribution in [0.25, 0.3) is 10.6 Å². The standard InChI is InChI=1S/C16H22N4O2S/c1-3-22-16(21)13-14(19-9-8-18-2)20-15(23-13)12-6-4-11(10-17)5-7-12/h4-7,18-19H,3,8-10,17H2,1-2H3. The smallest absolute Gasteiger partial charge is 0.352 e. The Morgan fingerprint density at radius 1 is 1.30 bits per heavy atom. The Balaban J connectivity index is 2.28. The SMILES string of the molecule is CCOC(=O)c1sc(-c2ccc(CN)cc2)nc1NCCNC. The lowest BCUT2D eigenvalue weighted by molar-refractivity contribution is 0.0533. The lowest BCUT2D eigenvalue weighted by Crippen LogP contribution is -2.19. The summed E-state index contributed by atoms with van der Waals surface area (Å²) in [4.78, 5) is 17.2. The van der Waals surface area contributed by atoms with Gasteiger partial charge in [0.15, 0.2) is 10.7 Å². The number of likely N-dealkylation sites (N-methyl/N-ethyl adjacent to an activating group) is 1. The number of esters is 1. The van der Waals surface area contributed by atoms with E-state index >= 15 is 0 Å². The Morgan fingerprint density at radius 2 is 2.04 bits per heavy atom. The summed E-state index contributed by atoms with van der Waals surface area (Å²) in [5.74, 6) is 0.225. The average molecular weight is 334 g/mol. The van der Waals surface area contributed by atoms with Crippen LogP contribution in [0, 0.1) is 0 Å². The first-order valence-corrected chi connectivity index (χ1v) is 8.37. The van der Waals surface area contributed by atoms with Gasteiger partial charge < -0.3 is 21.1 Å². The van der Waals surface area contributed by atoms with E-state index in [1.54, 1.807) is 6.92 Å². The molecule has 23 heavy (non-hydrogen) atoms. The van der Waals surface area contributed by atoms with Gasteiger partial charge in [0, 0.05) is 25.2 Å². The van der Waals surface area contributed by atoms with Gasteiger partial charge >= 0.3 is 5.97 Å². The van der Waals surface area contributed by atoms with E-state index in [4.69, 9.17) is 10.5 Å². The zero-order valence-electron chi connectivity index (χ0n) is 13.4. The molecule has 0 aliphatic rings. The van der Waals surface area contributed by atoms with Crippen molar-refractivity contribution in [2.45, 2.75) is 13.5 Å². The summed E-state index contributed by atoms with van der Waals surface area (Å²) < 4.78 is 5.12. The molecule has 2 aromatic rings. The fraction of sp³-hybridized carbons (Fsp3) is 0.375. The molecule has 0 bridgehead atoms. The summed E-state index contributed by atoms with van der Waals surface area (Å²) in [6.07, 6.45) is 0. The summed E-state index contributed by atoms with van der Waals surface area (Å²) in [5, 5.41) is 7.01. The minimum atomic E-state index is -0.346. The van der Waals surface area contributed by atoms with Crippen molar-refractivity contribution in [3.05, 3.63) is 34.7 Å². The molecule has 0 saturated heterocycles. The third kappa shape index (κ3) is 4.51. The van der Waals surface area contributed by atoms with Gasteiger partial charge in [-0.2, -0.15) is 0 Å². The summed E-state index contributed by atoms with van der Waals surface area (Å²) in [6.45, 7) is 4.09. The topological polar surface area (TPSA) is 89.3 Å². The molecule has 124 valence electrons. The highest BCUT2D eigenvalue weighted by atomic mass is 32.1. The zero-order valence-corrected chi connectivity index (χ0v) is 14.2. The van der Waals surface area contributed by atoms with E-state index in [9.17, 15) is 4.79 Å². The minimum absolute atomic E-state index is 0.340. The number of rotatable bonds is 8. The van der Waals surface area contributed by atoms with Crippen LogP contribution < -0.4 is 16.4 Å². The molecule has 2 rings (SSSR count). The highest BCUT2D eigenvalue weighted by molar-refractivity contribution is 7.17. The van der Waals surface area contributed by atoms with E-state index in [2.05, 4.69) is 15.6 Å². The van der Waals surface area contributed by atoms with Crippen molar-refractivity contribution in [3.63, 3.8) is 0 Å². The maximum atomic E-state index is 12.1. The molecule has 0 aliphatic carbocycles. The van der Waals surface area contributed by atoms with Gasteiger partial charge in [0.1, 0.15) is 5.01 Å². The molecule has 0 aliphatic heterocycles. The maximum Gasteiger partial charge on any atom is 0.352 e. The fourth-order valence-corrected chi connectivity index (χ4v) is 2.93. The van der Waals surface area contributed by atoms with E-state index in [0.717, 1.165) is 22.7 Å². The number of carbonyl (C=O) groups is 1. The Hall–Kier alpha value is -1.96. The van der Waals surface area contributed by atoms with E-state index in [0.29, 0.717) is 30.4 Å². The lowest BCUT2D eigenvalue weighted by Gasteiger charge is -2.05. The van der Waals surface area contributed by atoms with Crippen molar-refractivity contribution in [1.29, 1.82) is 0 Å². The highest BCUT2D eigenvalue weighted by Crippen LogP contribution is 2.31. The number of benzene rings is 1. The highest BCUT2D eigenvalue weighted by Gasteiger charge is 2.19. The second kappa shape index (κ2) is 8.61. The van der Waals surface area contributed by atoms with Crippen LogP contribution >= 0.6 is 11.3 Å². The second-order valence-electron chi connectivity index (χ2n) is 4.85. The number of hydrogen-bond donors (Lipinski definition) is 3. The van der Waals surface area contributed by atoms with Crippen LogP contribution in [0.5, 0.6) is 0 Å². The van der Waals surface area contributed by atoms with Crippen LogP contribution in [-0.2, 0) is 11.3 Å². The fourth-order valence-electron chi connectivity index (χ4n) is 1.99. The number of aromatic nitrogens is 1. The second-order valence-corrected chi connectivity index (χ2v) is 5.85. The molecule has 1 aromatic carbocycles. The monoisotopic (exact) mass is 334 g/mol. The molecule has 7 heteroatoms. The Kier molecular flexibility index (Phi) is 6.52. The molecule has 1 heterocycles. The van der Waals surface area contributed by atoms with Gasteiger partial charge in [-0.3, -0.25) is 0 Å². The van der Waals surface area contributed by atoms with Crippen molar-refractivity contribution in [2.24, 2.45) is 5.73 Å². The van der Waals surface area contributed by atoms with E-state index in [1.807, 2.05) is 31.3 Å². The third-order valence-electron chi connectivity index (χ3n) is 3.19. The molecule has 1 aromatic heterocycles. The van der Waals surface area contributed by atoms with Gasteiger partial charge in [-0.05, 0) is 19.5 Å². The van der Waals surface area contributed by atoms with E-state index in [1.165, 1.54) is 11.3 Å². The van der Waals surface area contributed by atoms with Crippen LogP contribution in [0.1, 0.15) is 22.2 Å². The van der Waals surface area contributed by atoms with Gasteiger partial charge in [-0.1, -0.05) is 24.3 Å². The Morgan fingerprint density at radius 3 is 2.65 bits per heavy atom. The van der Waals surface area contributed by atoms with Gasteiger partial charge in [0.25, 0.3) is 0 Å². The van der Waals surface area contributed by atoms with Crippen molar-refractivity contribution >= 4 is 23.1 Å². The average Bonchev–Trinajstić information content (AvgIpc) is 3.00. The number of hydrogen-bond acceptors (Lipinski definition) is 7. The molecule has 0 unspecified atom stereocenters. The van der Waals surface area contributed by atoms with Crippen LogP contribution in [0.15, 0.2) is 24.3 Å². The number of ether oxygens (including phenoxy) is 1. The van der Waals surface area contributed by atoms with Gasteiger partial charge in [-0.15, -0.1) is 11.3 Å². The molecule has 0 radical (unpaired) electrons. The molecule has 4 N–H and O–H groups in total. The third-order valence-corrected chi connectivity index (χ3v) is 4.28. The van der Waals surface area contributed by atoms with Crippen LogP contribution in [0.3, 0.4) is 0 Å². The minimum Gasteiger partial charge on any atom is -0.462 e. The number of nitrogens with two attached hydrogens (primary N) is 1. The van der Waals surface area contributed by atoms with Crippen molar-refractivity contribution < 1.29 is 9.53 Å². The molecule has 0 atom stereocenters. The molecule has 0 amide bonds. The van der Waals surface area contributed by atoms with Gasteiger partial charge in [-0.25, -0.2) is 9.78 Å². The first-order chi connectivity index (χ1) is 11.2. The molecule has 0 saturated carbocycles. The lowest BCUT2D eigenvalue weighted by atomic mass is 10.1. The zero-order chi connectivity index (χ0) is 16.7. The predicted octanol–water partition coefficient (Wildman–Crippen LogP) is 2.08. The normalized spacial score (nSPS) is 10.6. The Labute approximate surface area is 140 Å². The van der Waals surface area contributed by atoms with Crippen LogP contribution in [0.4, 0.5) is 5.82 Å². The summed E-state index contributed by atoms with van der Waals surface area (Å²) >= 11 is 1.33. The first-order valence-electron chi connectivity index (χ1n) is 7.55. The predicted molar refractivity (Wildman–Crippen MR) is 93.8 cm³/mol. The molecule has 0 spiro atoms. The van der Waals surface area contributed by atoms with Crippen LogP contribution in [0.2, 0.25) is 0 Å².